The Morgan fingerprint density at radius 2 is 1.70 bits per heavy atom. The number of amides is 1. The SMILES string of the molecule is COc1ccc([C@@H]2CN(C3CCC3)C[C@H]2C(=O)N2C[C@H](CC#N)[C@@H](c3ccc(C(F)(F)F)cc3N3CCC(C(=O)O)CC3)C2)cc1. The fourth-order valence-electron chi connectivity index (χ4n) is 7.96. The van der Waals surface area contributed by atoms with Crippen LogP contribution in [0.25, 0.3) is 0 Å². The van der Waals surface area contributed by atoms with E-state index in [1.165, 1.54) is 12.5 Å². The van der Waals surface area contributed by atoms with E-state index in [9.17, 15) is 33.1 Å². The van der Waals surface area contributed by atoms with Crippen molar-refractivity contribution in [3.63, 3.8) is 0 Å². The minimum Gasteiger partial charge on any atom is -0.497 e. The van der Waals surface area contributed by atoms with Crippen LogP contribution in [0.5, 0.6) is 5.75 Å². The maximum atomic E-state index is 14.4. The van der Waals surface area contributed by atoms with Crippen molar-refractivity contribution in [2.75, 3.05) is 51.3 Å². The van der Waals surface area contributed by atoms with E-state index in [1.807, 2.05) is 34.1 Å². The number of nitrogens with zero attached hydrogens (tertiary/aromatic N) is 4. The van der Waals surface area contributed by atoms with Crippen molar-refractivity contribution in [2.45, 2.75) is 62.6 Å². The Hall–Kier alpha value is -3.78. The Balaban J connectivity index is 1.28. The van der Waals surface area contributed by atoms with Gasteiger partial charge in [0.25, 0.3) is 0 Å². The van der Waals surface area contributed by atoms with E-state index in [-0.39, 0.29) is 36.0 Å². The summed E-state index contributed by atoms with van der Waals surface area (Å²) in [6, 6.07) is 14.4. The second-order valence-electron chi connectivity index (χ2n) is 13.4. The van der Waals surface area contributed by atoms with Crippen molar-refractivity contribution in [1.82, 2.24) is 9.80 Å². The van der Waals surface area contributed by atoms with Gasteiger partial charge in [-0.3, -0.25) is 14.5 Å². The average molecular weight is 639 g/mol. The molecule has 11 heteroatoms. The van der Waals surface area contributed by atoms with Gasteiger partial charge in [0.2, 0.25) is 5.91 Å². The Labute approximate surface area is 267 Å². The Kier molecular flexibility index (Phi) is 9.19. The fraction of sp³-hybridized carbons (Fsp3) is 0.571. The number of anilines is 1. The molecule has 3 saturated heterocycles. The summed E-state index contributed by atoms with van der Waals surface area (Å²) in [4.78, 5) is 32.1. The van der Waals surface area contributed by atoms with Crippen LogP contribution >= 0.6 is 0 Å². The molecule has 1 aliphatic carbocycles. The second kappa shape index (κ2) is 13.1. The number of carboxylic acid groups (broad SMARTS) is 1. The van der Waals surface area contributed by atoms with Crippen molar-refractivity contribution in [3.05, 3.63) is 59.2 Å². The van der Waals surface area contributed by atoms with Gasteiger partial charge in [0.15, 0.2) is 0 Å². The van der Waals surface area contributed by atoms with Crippen molar-refractivity contribution in [3.8, 4) is 11.8 Å². The molecule has 0 radical (unpaired) electrons. The van der Waals surface area contributed by atoms with Gasteiger partial charge in [-0.25, -0.2) is 0 Å². The average Bonchev–Trinajstić information content (AvgIpc) is 3.64. The molecule has 3 heterocycles. The van der Waals surface area contributed by atoms with Gasteiger partial charge in [-0.05, 0) is 67.0 Å². The van der Waals surface area contributed by atoms with Crippen molar-refractivity contribution in [2.24, 2.45) is 17.8 Å². The van der Waals surface area contributed by atoms with Crippen LogP contribution in [-0.2, 0) is 15.8 Å². The molecule has 3 aliphatic heterocycles. The van der Waals surface area contributed by atoms with E-state index in [1.54, 1.807) is 7.11 Å². The van der Waals surface area contributed by atoms with E-state index < -0.39 is 23.6 Å². The normalized spacial score (nSPS) is 26.2. The highest BCUT2D eigenvalue weighted by atomic mass is 19.4. The molecule has 1 amide bonds. The molecule has 2 aromatic carbocycles. The number of hydrogen-bond donors (Lipinski definition) is 1. The van der Waals surface area contributed by atoms with E-state index in [0.717, 1.165) is 42.8 Å². The van der Waals surface area contributed by atoms with Gasteiger partial charge in [-0.2, -0.15) is 18.4 Å². The summed E-state index contributed by atoms with van der Waals surface area (Å²) in [7, 11) is 1.62. The number of hydrogen-bond acceptors (Lipinski definition) is 6. The Morgan fingerprint density at radius 1 is 0.978 bits per heavy atom. The molecule has 0 bridgehead atoms. The highest BCUT2D eigenvalue weighted by Gasteiger charge is 2.47. The van der Waals surface area contributed by atoms with Gasteiger partial charge < -0.3 is 19.6 Å². The highest BCUT2D eigenvalue weighted by Crippen LogP contribution is 2.45. The first-order chi connectivity index (χ1) is 22.1. The molecule has 4 fully saturated rings. The molecule has 1 N–H and O–H groups in total. The van der Waals surface area contributed by atoms with Crippen molar-refractivity contribution >= 4 is 17.6 Å². The summed E-state index contributed by atoms with van der Waals surface area (Å²) in [5.74, 6) is -1.45. The second-order valence-corrected chi connectivity index (χ2v) is 13.4. The standard InChI is InChI=1S/C35H41F3N4O4/c1-46-27-8-5-22(6-9-27)29-19-41(26-3-2-4-26)21-31(29)33(43)42-18-24(11-14-39)30(20-42)28-10-7-25(35(36,37)38)17-32(28)40-15-12-23(13-16-40)34(44)45/h5-10,17,23-24,26,29-31H,2-4,11-13,15-16,18-21H2,1H3,(H,44,45)/t24-,29-,30-,31+/m0/s1. The summed E-state index contributed by atoms with van der Waals surface area (Å²) < 4.78 is 47.0. The van der Waals surface area contributed by atoms with Crippen LogP contribution in [0.4, 0.5) is 18.9 Å². The summed E-state index contributed by atoms with van der Waals surface area (Å²) in [5.41, 5.74) is 1.43. The molecule has 8 nitrogen and oxygen atoms in total. The molecule has 4 atom stereocenters. The number of carbonyl (C=O) groups is 2. The third kappa shape index (κ3) is 6.41. The number of methoxy groups -OCH3 is 1. The maximum Gasteiger partial charge on any atom is 0.416 e. The van der Waals surface area contributed by atoms with Crippen LogP contribution in [-0.4, -0.2) is 79.2 Å². The molecular weight excluding hydrogens is 597 g/mol. The number of rotatable bonds is 8. The highest BCUT2D eigenvalue weighted by molar-refractivity contribution is 5.81. The summed E-state index contributed by atoms with van der Waals surface area (Å²) in [6.07, 6.45) is -0.223. The first-order valence-corrected chi connectivity index (χ1v) is 16.3. The molecule has 4 aliphatic rings. The van der Waals surface area contributed by atoms with Gasteiger partial charge in [-0.1, -0.05) is 24.6 Å². The number of carboxylic acids is 1. The third-order valence-corrected chi connectivity index (χ3v) is 10.8. The van der Waals surface area contributed by atoms with Crippen LogP contribution in [0, 0.1) is 29.1 Å². The maximum absolute atomic E-state index is 14.4. The molecular formula is C35H41F3N4O4. The number of aliphatic carboxylic acids is 1. The Bertz CT molecular complexity index is 1460. The minimum atomic E-state index is -4.54. The molecule has 0 unspecified atom stereocenters. The summed E-state index contributed by atoms with van der Waals surface area (Å²) in [5, 5.41) is 19.2. The minimum absolute atomic E-state index is 0.00429. The van der Waals surface area contributed by atoms with E-state index in [0.29, 0.717) is 62.9 Å². The zero-order chi connectivity index (χ0) is 32.6. The zero-order valence-corrected chi connectivity index (χ0v) is 26.1. The van der Waals surface area contributed by atoms with Crippen LogP contribution in [0.2, 0.25) is 0 Å². The molecule has 0 aromatic heterocycles. The van der Waals surface area contributed by atoms with Gasteiger partial charge in [-0.15, -0.1) is 0 Å². The van der Waals surface area contributed by atoms with E-state index in [2.05, 4.69) is 11.0 Å². The van der Waals surface area contributed by atoms with Gasteiger partial charge >= 0.3 is 12.1 Å². The molecule has 0 spiro atoms. The van der Waals surface area contributed by atoms with Crippen LogP contribution < -0.4 is 9.64 Å². The predicted molar refractivity (Wildman–Crippen MR) is 165 cm³/mol. The lowest BCUT2D eigenvalue weighted by molar-refractivity contribution is -0.142. The van der Waals surface area contributed by atoms with Crippen LogP contribution in [0.3, 0.4) is 0 Å². The Morgan fingerprint density at radius 3 is 2.28 bits per heavy atom. The van der Waals surface area contributed by atoms with Gasteiger partial charge in [0.05, 0.1) is 30.6 Å². The van der Waals surface area contributed by atoms with Crippen LogP contribution in [0.15, 0.2) is 42.5 Å². The molecule has 6 rings (SSSR count). The number of likely N-dealkylation sites (tertiary alicyclic amines) is 2. The third-order valence-electron chi connectivity index (χ3n) is 10.8. The monoisotopic (exact) mass is 638 g/mol. The lowest BCUT2D eigenvalue weighted by Gasteiger charge is -2.35. The fourth-order valence-corrected chi connectivity index (χ4v) is 7.96. The molecule has 2 aromatic rings. The number of ether oxygens (including phenoxy) is 1. The lowest BCUT2D eigenvalue weighted by Crippen LogP contribution is -2.41. The molecule has 46 heavy (non-hydrogen) atoms. The van der Waals surface area contributed by atoms with Gasteiger partial charge in [0.1, 0.15) is 5.75 Å². The largest absolute Gasteiger partial charge is 0.497 e. The number of nitriles is 1. The van der Waals surface area contributed by atoms with Gasteiger partial charge in [0, 0.05) is 69.3 Å². The smallest absolute Gasteiger partial charge is 0.416 e. The number of piperidine rings is 1. The summed E-state index contributed by atoms with van der Waals surface area (Å²) in [6.45, 7) is 2.80. The van der Waals surface area contributed by atoms with Crippen molar-refractivity contribution in [1.29, 1.82) is 5.26 Å². The first kappa shape index (κ1) is 32.2. The van der Waals surface area contributed by atoms with Crippen molar-refractivity contribution < 1.29 is 32.6 Å². The zero-order valence-electron chi connectivity index (χ0n) is 26.1. The lowest BCUT2D eigenvalue weighted by atomic mass is 9.84. The number of alkyl halides is 3. The van der Waals surface area contributed by atoms with Crippen LogP contribution in [0.1, 0.15) is 67.1 Å². The summed E-state index contributed by atoms with van der Waals surface area (Å²) >= 11 is 0. The predicted octanol–water partition coefficient (Wildman–Crippen LogP) is 5.74. The topological polar surface area (TPSA) is 97.1 Å². The first-order valence-electron chi connectivity index (χ1n) is 16.3. The number of benzene rings is 2. The van der Waals surface area contributed by atoms with E-state index >= 15 is 0 Å². The quantitative estimate of drug-likeness (QED) is 0.394. The number of carbonyl (C=O) groups excluding carboxylic acids is 1. The molecule has 1 saturated carbocycles. The van der Waals surface area contributed by atoms with E-state index in [4.69, 9.17) is 4.74 Å². The number of halogens is 3. The molecule has 246 valence electrons.